The molecule has 2 aliphatic rings. The number of carbonyl (C=O) groups excluding carboxylic acids is 2. The van der Waals surface area contributed by atoms with E-state index in [4.69, 9.17) is 14.2 Å². The summed E-state index contributed by atoms with van der Waals surface area (Å²) >= 11 is 0. The van der Waals surface area contributed by atoms with Gasteiger partial charge in [0.05, 0.1) is 30.9 Å². The molecule has 0 aliphatic carbocycles. The average molecular weight is 452 g/mol. The summed E-state index contributed by atoms with van der Waals surface area (Å²) in [5.41, 5.74) is 1.17. The summed E-state index contributed by atoms with van der Waals surface area (Å²) in [5, 5.41) is 11.2. The van der Waals surface area contributed by atoms with Crippen molar-refractivity contribution in [2.75, 3.05) is 26.4 Å². The molecule has 2 saturated heterocycles. The Bertz CT molecular complexity index is 1060. The third-order valence-corrected chi connectivity index (χ3v) is 5.87. The Kier molecular flexibility index (Phi) is 6.99. The van der Waals surface area contributed by atoms with Crippen LogP contribution < -0.4 is 9.47 Å². The van der Waals surface area contributed by atoms with Gasteiger partial charge in [-0.05, 0) is 56.5 Å². The van der Waals surface area contributed by atoms with Crippen molar-refractivity contribution in [3.63, 3.8) is 0 Å². The summed E-state index contributed by atoms with van der Waals surface area (Å²) in [6.07, 6.45) is 1.61. The van der Waals surface area contributed by atoms with Gasteiger partial charge in [-0.15, -0.1) is 0 Å². The monoisotopic (exact) mass is 451 g/mol. The van der Waals surface area contributed by atoms with Gasteiger partial charge < -0.3 is 24.2 Å². The lowest BCUT2D eigenvalue weighted by Crippen LogP contribution is -2.36. The minimum absolute atomic E-state index is 0.0558. The average Bonchev–Trinajstić information content (AvgIpc) is 3.42. The van der Waals surface area contributed by atoms with E-state index >= 15 is 0 Å². The first-order chi connectivity index (χ1) is 16.0. The molecule has 0 bridgehead atoms. The molecule has 7 heteroatoms. The number of rotatable bonds is 8. The van der Waals surface area contributed by atoms with E-state index in [2.05, 4.69) is 0 Å². The molecule has 2 aromatic carbocycles. The van der Waals surface area contributed by atoms with Crippen LogP contribution in [0.2, 0.25) is 0 Å². The highest BCUT2D eigenvalue weighted by molar-refractivity contribution is 6.46. The number of amides is 1. The van der Waals surface area contributed by atoms with Crippen LogP contribution in [0.4, 0.5) is 0 Å². The maximum Gasteiger partial charge on any atom is 0.295 e. The summed E-state index contributed by atoms with van der Waals surface area (Å²) in [4.78, 5) is 27.8. The molecule has 174 valence electrons. The summed E-state index contributed by atoms with van der Waals surface area (Å²) in [7, 11) is 0. The molecule has 0 aromatic heterocycles. The molecule has 2 fully saturated rings. The fourth-order valence-electron chi connectivity index (χ4n) is 4.42. The van der Waals surface area contributed by atoms with Gasteiger partial charge in [0.15, 0.2) is 0 Å². The molecule has 2 atom stereocenters. The summed E-state index contributed by atoms with van der Waals surface area (Å²) in [5.74, 6) is -0.364. The molecule has 4 rings (SSSR count). The number of ketones is 1. The van der Waals surface area contributed by atoms with Gasteiger partial charge in [0, 0.05) is 18.7 Å². The normalized spacial score (nSPS) is 22.1. The molecular formula is C26H29NO6. The Balaban J connectivity index is 1.81. The topological polar surface area (TPSA) is 85.3 Å². The molecule has 7 nitrogen and oxygen atoms in total. The van der Waals surface area contributed by atoms with Gasteiger partial charge in [0.2, 0.25) is 0 Å². The molecule has 2 heterocycles. The van der Waals surface area contributed by atoms with Crippen LogP contribution in [-0.2, 0) is 14.3 Å². The largest absolute Gasteiger partial charge is 0.507 e. The Morgan fingerprint density at radius 3 is 2.42 bits per heavy atom. The number of hydrogen-bond acceptors (Lipinski definition) is 6. The van der Waals surface area contributed by atoms with Crippen molar-refractivity contribution in [3.05, 3.63) is 65.2 Å². The lowest BCUT2D eigenvalue weighted by Gasteiger charge is -2.27. The van der Waals surface area contributed by atoms with Gasteiger partial charge in [-0.1, -0.05) is 24.3 Å². The van der Waals surface area contributed by atoms with E-state index in [-0.39, 0.29) is 24.0 Å². The molecule has 0 radical (unpaired) electrons. The van der Waals surface area contributed by atoms with Crippen LogP contribution in [0.5, 0.6) is 11.5 Å². The quantitative estimate of drug-likeness (QED) is 0.370. The fourth-order valence-corrected chi connectivity index (χ4v) is 4.42. The number of ether oxygens (including phenoxy) is 3. The summed E-state index contributed by atoms with van der Waals surface area (Å²) < 4.78 is 16.9. The highest BCUT2D eigenvalue weighted by Crippen LogP contribution is 2.41. The second-order valence-corrected chi connectivity index (χ2v) is 8.05. The van der Waals surface area contributed by atoms with Gasteiger partial charge >= 0.3 is 0 Å². The van der Waals surface area contributed by atoms with Crippen LogP contribution in [0.25, 0.3) is 5.76 Å². The third-order valence-electron chi connectivity index (χ3n) is 5.87. The lowest BCUT2D eigenvalue weighted by molar-refractivity contribution is -0.140. The van der Waals surface area contributed by atoms with Crippen LogP contribution in [-0.4, -0.2) is 54.2 Å². The maximum atomic E-state index is 13.2. The number of carbonyl (C=O) groups is 2. The summed E-state index contributed by atoms with van der Waals surface area (Å²) in [6, 6.07) is 13.4. The molecule has 1 N–H and O–H groups in total. The van der Waals surface area contributed by atoms with Crippen LogP contribution in [0.15, 0.2) is 54.1 Å². The zero-order chi connectivity index (χ0) is 23.4. The molecule has 2 aromatic rings. The van der Waals surface area contributed by atoms with E-state index in [1.165, 1.54) is 4.90 Å². The van der Waals surface area contributed by atoms with Gasteiger partial charge in [-0.3, -0.25) is 9.59 Å². The number of hydrogen-bond donors (Lipinski definition) is 1. The fraction of sp³-hybridized carbons (Fsp3) is 0.385. The number of likely N-dealkylation sites (tertiary alicyclic amines) is 1. The second kappa shape index (κ2) is 10.1. The Morgan fingerprint density at radius 1 is 1.06 bits per heavy atom. The van der Waals surface area contributed by atoms with E-state index in [1.54, 1.807) is 24.3 Å². The van der Waals surface area contributed by atoms with E-state index in [1.807, 2.05) is 38.1 Å². The van der Waals surface area contributed by atoms with E-state index < -0.39 is 17.7 Å². The van der Waals surface area contributed by atoms with Crippen LogP contribution in [0.1, 0.15) is 43.9 Å². The Labute approximate surface area is 193 Å². The van der Waals surface area contributed by atoms with E-state index in [0.29, 0.717) is 42.4 Å². The zero-order valence-electron chi connectivity index (χ0n) is 19.0. The van der Waals surface area contributed by atoms with Crippen molar-refractivity contribution in [1.82, 2.24) is 4.90 Å². The van der Waals surface area contributed by atoms with Crippen molar-refractivity contribution < 1.29 is 28.9 Å². The molecule has 0 saturated carbocycles. The SMILES string of the molecule is CCOc1cccc(/C(O)=C2/C(=O)C(=O)N(CC3CCCO3)C2c2cccc(OCC)c2)c1. The molecule has 2 unspecified atom stereocenters. The predicted molar refractivity (Wildman–Crippen MR) is 123 cm³/mol. The number of nitrogens with zero attached hydrogens (tertiary/aromatic N) is 1. The van der Waals surface area contributed by atoms with Gasteiger partial charge in [-0.2, -0.15) is 0 Å². The third kappa shape index (κ3) is 4.73. The lowest BCUT2D eigenvalue weighted by atomic mass is 9.95. The number of benzene rings is 2. The summed E-state index contributed by atoms with van der Waals surface area (Å²) in [6.45, 7) is 5.65. The van der Waals surface area contributed by atoms with Crippen molar-refractivity contribution in [2.45, 2.75) is 38.8 Å². The van der Waals surface area contributed by atoms with Crippen LogP contribution in [0.3, 0.4) is 0 Å². The molecular weight excluding hydrogens is 422 g/mol. The van der Waals surface area contributed by atoms with Crippen molar-refractivity contribution in [3.8, 4) is 11.5 Å². The van der Waals surface area contributed by atoms with Gasteiger partial charge in [0.25, 0.3) is 11.7 Å². The second-order valence-electron chi connectivity index (χ2n) is 8.05. The van der Waals surface area contributed by atoms with Crippen molar-refractivity contribution in [2.24, 2.45) is 0 Å². The number of Topliss-reactive ketones (excluding diaryl/α,β-unsaturated/α-hetero) is 1. The van der Waals surface area contributed by atoms with E-state index in [0.717, 1.165) is 12.8 Å². The first-order valence-electron chi connectivity index (χ1n) is 11.4. The zero-order valence-corrected chi connectivity index (χ0v) is 19.0. The van der Waals surface area contributed by atoms with Crippen LogP contribution in [0, 0.1) is 0 Å². The maximum absolute atomic E-state index is 13.2. The van der Waals surface area contributed by atoms with Crippen LogP contribution >= 0.6 is 0 Å². The minimum Gasteiger partial charge on any atom is -0.507 e. The Hall–Kier alpha value is -3.32. The number of aliphatic hydroxyl groups is 1. The molecule has 0 spiro atoms. The first-order valence-corrected chi connectivity index (χ1v) is 11.4. The molecule has 33 heavy (non-hydrogen) atoms. The predicted octanol–water partition coefficient (Wildman–Crippen LogP) is 4.08. The smallest absolute Gasteiger partial charge is 0.295 e. The van der Waals surface area contributed by atoms with Gasteiger partial charge in [-0.25, -0.2) is 0 Å². The standard InChI is InChI=1S/C26H29NO6/c1-3-31-19-10-5-8-17(14-19)23-22(24(28)18-9-6-11-20(15-18)32-4-2)25(29)26(30)27(23)16-21-12-7-13-33-21/h5-6,8-11,14-15,21,23,28H,3-4,7,12-13,16H2,1-2H3/b24-22-. The highest BCUT2D eigenvalue weighted by Gasteiger charge is 2.47. The van der Waals surface area contributed by atoms with E-state index in [9.17, 15) is 14.7 Å². The number of aliphatic hydroxyl groups excluding tert-OH is 1. The van der Waals surface area contributed by atoms with Crippen molar-refractivity contribution in [1.29, 1.82) is 0 Å². The van der Waals surface area contributed by atoms with Gasteiger partial charge in [0.1, 0.15) is 17.3 Å². The highest BCUT2D eigenvalue weighted by atomic mass is 16.5. The molecule has 2 aliphatic heterocycles. The van der Waals surface area contributed by atoms with Crippen molar-refractivity contribution >= 4 is 17.4 Å². The molecule has 1 amide bonds. The first kappa shape index (κ1) is 22.9. The minimum atomic E-state index is -0.745. The Morgan fingerprint density at radius 2 is 1.76 bits per heavy atom.